The van der Waals surface area contributed by atoms with Crippen molar-refractivity contribution < 1.29 is 9.53 Å². The molecule has 6 nitrogen and oxygen atoms in total. The van der Waals surface area contributed by atoms with Crippen molar-refractivity contribution in [3.63, 3.8) is 0 Å². The summed E-state index contributed by atoms with van der Waals surface area (Å²) in [7, 11) is 0. The van der Waals surface area contributed by atoms with Gasteiger partial charge in [-0.05, 0) is 42.0 Å². The van der Waals surface area contributed by atoms with Crippen LogP contribution in [0, 0.1) is 0 Å². The number of hydrazone groups is 1. The second-order valence-corrected chi connectivity index (χ2v) is 5.71. The molecule has 2 aromatic carbocycles. The number of nitrogens with one attached hydrogen (secondary N) is 1. The number of primary amides is 1. The molecule has 0 aliphatic rings. The van der Waals surface area contributed by atoms with Gasteiger partial charge in [0.2, 0.25) is 5.13 Å². The first-order valence-corrected chi connectivity index (χ1v) is 7.68. The second-order valence-electron chi connectivity index (χ2n) is 4.68. The Hall–Kier alpha value is -2.93. The molecule has 3 N–H and O–H groups in total. The molecule has 0 fully saturated rings. The van der Waals surface area contributed by atoms with Crippen LogP contribution in [0.3, 0.4) is 0 Å². The molecule has 1 amide bonds. The molecular formula is C16H14N4O2S. The number of aromatic nitrogens is 1. The van der Waals surface area contributed by atoms with Gasteiger partial charge in [0.05, 0.1) is 16.4 Å². The molecule has 7 heteroatoms. The van der Waals surface area contributed by atoms with E-state index in [0.717, 1.165) is 20.9 Å². The Bertz CT molecular complexity index is 810. The van der Waals surface area contributed by atoms with E-state index < -0.39 is 5.91 Å². The van der Waals surface area contributed by atoms with Crippen LogP contribution in [0.2, 0.25) is 0 Å². The van der Waals surface area contributed by atoms with Crippen molar-refractivity contribution in [3.8, 4) is 5.75 Å². The third-order valence-electron chi connectivity index (χ3n) is 2.93. The predicted octanol–water partition coefficient (Wildman–Crippen LogP) is 2.61. The first-order valence-electron chi connectivity index (χ1n) is 6.86. The average molecular weight is 326 g/mol. The molecule has 0 radical (unpaired) electrons. The summed E-state index contributed by atoms with van der Waals surface area (Å²) < 4.78 is 6.30. The Morgan fingerprint density at radius 3 is 2.78 bits per heavy atom. The van der Waals surface area contributed by atoms with Gasteiger partial charge in [0, 0.05) is 0 Å². The summed E-state index contributed by atoms with van der Waals surface area (Å²) in [5, 5.41) is 4.91. The van der Waals surface area contributed by atoms with Crippen LogP contribution in [-0.2, 0) is 4.79 Å². The number of hydrogen-bond donors (Lipinski definition) is 2. The van der Waals surface area contributed by atoms with Crippen molar-refractivity contribution in [3.05, 3.63) is 54.1 Å². The molecule has 116 valence electrons. The Balaban J connectivity index is 1.60. The van der Waals surface area contributed by atoms with Crippen molar-refractivity contribution in [1.82, 2.24) is 4.98 Å². The van der Waals surface area contributed by atoms with Crippen molar-refractivity contribution in [2.75, 3.05) is 12.0 Å². The normalized spacial score (nSPS) is 11.0. The molecule has 23 heavy (non-hydrogen) atoms. The number of ether oxygens (including phenoxy) is 1. The van der Waals surface area contributed by atoms with Gasteiger partial charge in [-0.25, -0.2) is 4.98 Å². The van der Waals surface area contributed by atoms with Gasteiger partial charge in [-0.15, -0.1) is 0 Å². The van der Waals surface area contributed by atoms with Crippen molar-refractivity contribution in [2.24, 2.45) is 10.8 Å². The van der Waals surface area contributed by atoms with Gasteiger partial charge in [-0.2, -0.15) is 5.10 Å². The van der Waals surface area contributed by atoms with Crippen LogP contribution in [-0.4, -0.2) is 23.7 Å². The Labute approximate surface area is 136 Å². The van der Waals surface area contributed by atoms with Gasteiger partial charge in [-0.3, -0.25) is 10.2 Å². The summed E-state index contributed by atoms with van der Waals surface area (Å²) in [4.78, 5) is 15.1. The molecule has 0 aliphatic carbocycles. The lowest BCUT2D eigenvalue weighted by Crippen LogP contribution is -2.19. The number of fused-ring (bicyclic) bond motifs is 1. The number of carbonyl (C=O) groups excluding carboxylic acids is 1. The number of hydrogen-bond acceptors (Lipinski definition) is 6. The fraction of sp³-hybridized carbons (Fsp3) is 0.0625. The lowest BCUT2D eigenvalue weighted by Gasteiger charge is -2.03. The number of rotatable bonds is 6. The van der Waals surface area contributed by atoms with Crippen molar-refractivity contribution in [2.45, 2.75) is 0 Å². The number of para-hydroxylation sites is 1. The lowest BCUT2D eigenvalue weighted by molar-refractivity contribution is -0.119. The number of amides is 1. The zero-order chi connectivity index (χ0) is 16.1. The quantitative estimate of drug-likeness (QED) is 0.538. The maximum absolute atomic E-state index is 10.6. The highest BCUT2D eigenvalue weighted by molar-refractivity contribution is 7.22. The molecule has 0 unspecified atom stereocenters. The van der Waals surface area contributed by atoms with Crippen LogP contribution in [0.25, 0.3) is 10.2 Å². The number of nitrogens with two attached hydrogens (primary N) is 1. The second kappa shape index (κ2) is 6.89. The first kappa shape index (κ1) is 15.0. The van der Waals surface area contributed by atoms with Crippen LogP contribution >= 0.6 is 11.3 Å². The maximum atomic E-state index is 10.6. The molecule has 0 saturated heterocycles. The summed E-state index contributed by atoms with van der Waals surface area (Å²) in [6.45, 7) is -0.132. The van der Waals surface area contributed by atoms with Crippen molar-refractivity contribution >= 4 is 38.8 Å². The number of nitrogens with zero attached hydrogens (tertiary/aromatic N) is 2. The van der Waals surface area contributed by atoms with Crippen molar-refractivity contribution in [1.29, 1.82) is 0 Å². The number of anilines is 1. The molecule has 0 spiro atoms. The summed E-state index contributed by atoms with van der Waals surface area (Å²) in [6, 6.07) is 15.1. The average Bonchev–Trinajstić information content (AvgIpc) is 2.97. The van der Waals surface area contributed by atoms with Gasteiger partial charge in [0.25, 0.3) is 5.91 Å². The minimum absolute atomic E-state index is 0.132. The van der Waals surface area contributed by atoms with E-state index in [4.69, 9.17) is 10.5 Å². The fourth-order valence-electron chi connectivity index (χ4n) is 1.89. The van der Waals surface area contributed by atoms with E-state index in [1.54, 1.807) is 29.7 Å². The molecule has 1 aromatic heterocycles. The molecule has 3 rings (SSSR count). The van der Waals surface area contributed by atoms with Crippen LogP contribution in [0.5, 0.6) is 5.75 Å². The van der Waals surface area contributed by atoms with E-state index in [9.17, 15) is 4.79 Å². The first-order chi connectivity index (χ1) is 11.2. The fourth-order valence-corrected chi connectivity index (χ4v) is 2.70. The highest BCUT2D eigenvalue weighted by Crippen LogP contribution is 2.25. The topological polar surface area (TPSA) is 89.6 Å². The zero-order valence-corrected chi connectivity index (χ0v) is 12.9. The summed E-state index contributed by atoms with van der Waals surface area (Å²) in [5.74, 6) is 0.0794. The maximum Gasteiger partial charge on any atom is 0.255 e. The SMILES string of the molecule is NC(=O)COc1ccc(/C=N/Nc2nc3ccccc3s2)cc1. The highest BCUT2D eigenvalue weighted by atomic mass is 32.1. The molecular weight excluding hydrogens is 312 g/mol. The lowest BCUT2D eigenvalue weighted by atomic mass is 10.2. The minimum Gasteiger partial charge on any atom is -0.484 e. The summed E-state index contributed by atoms with van der Waals surface area (Å²) in [5.41, 5.74) is 9.79. The number of carbonyl (C=O) groups is 1. The van der Waals surface area contributed by atoms with Gasteiger partial charge < -0.3 is 10.5 Å². The molecule has 1 heterocycles. The minimum atomic E-state index is -0.504. The largest absolute Gasteiger partial charge is 0.484 e. The molecule has 3 aromatic rings. The van der Waals surface area contributed by atoms with E-state index in [2.05, 4.69) is 15.5 Å². The third kappa shape index (κ3) is 4.04. The van der Waals surface area contributed by atoms with E-state index in [1.165, 1.54) is 0 Å². The Morgan fingerprint density at radius 1 is 1.26 bits per heavy atom. The third-order valence-corrected chi connectivity index (χ3v) is 3.87. The number of thiazole rings is 1. The molecule has 0 atom stereocenters. The van der Waals surface area contributed by atoms with Crippen LogP contribution < -0.4 is 15.9 Å². The van der Waals surface area contributed by atoms with E-state index in [0.29, 0.717) is 5.75 Å². The van der Waals surface area contributed by atoms with Gasteiger partial charge in [-0.1, -0.05) is 23.5 Å². The van der Waals surface area contributed by atoms with E-state index in [1.807, 2.05) is 36.4 Å². The standard InChI is InChI=1S/C16H14N4O2S/c17-15(21)10-22-12-7-5-11(6-8-12)9-18-20-16-19-13-3-1-2-4-14(13)23-16/h1-9H,10H2,(H2,17,21)(H,19,20)/b18-9+. The number of benzene rings is 2. The predicted molar refractivity (Wildman–Crippen MR) is 92.0 cm³/mol. The Morgan fingerprint density at radius 2 is 2.04 bits per heavy atom. The van der Waals surface area contributed by atoms with Gasteiger partial charge in [0.15, 0.2) is 6.61 Å². The summed E-state index contributed by atoms with van der Waals surface area (Å²) in [6.07, 6.45) is 1.68. The zero-order valence-electron chi connectivity index (χ0n) is 12.1. The van der Waals surface area contributed by atoms with Gasteiger partial charge in [0.1, 0.15) is 5.75 Å². The van der Waals surface area contributed by atoms with E-state index >= 15 is 0 Å². The van der Waals surface area contributed by atoms with E-state index in [-0.39, 0.29) is 6.61 Å². The molecule has 0 bridgehead atoms. The monoisotopic (exact) mass is 326 g/mol. The highest BCUT2D eigenvalue weighted by Gasteiger charge is 2.01. The summed E-state index contributed by atoms with van der Waals surface area (Å²) >= 11 is 1.54. The van der Waals surface area contributed by atoms with Gasteiger partial charge >= 0.3 is 0 Å². The Kier molecular flexibility index (Phi) is 4.49. The molecule has 0 saturated carbocycles. The molecule has 0 aliphatic heterocycles. The van der Waals surface area contributed by atoms with Crippen LogP contribution in [0.15, 0.2) is 53.6 Å². The van der Waals surface area contributed by atoms with Crippen LogP contribution in [0.1, 0.15) is 5.56 Å². The van der Waals surface area contributed by atoms with Crippen LogP contribution in [0.4, 0.5) is 5.13 Å². The smallest absolute Gasteiger partial charge is 0.255 e.